The van der Waals surface area contributed by atoms with Gasteiger partial charge in [0, 0.05) is 24.6 Å². The molecule has 0 fully saturated rings. The van der Waals surface area contributed by atoms with Crippen LogP contribution in [0.1, 0.15) is 29.4 Å². The normalized spacial score (nSPS) is 16.7. The average molecular weight is 430 g/mol. The number of halogens is 6. The number of nitrogens with zero attached hydrogens (tertiary/aromatic N) is 2. The van der Waals surface area contributed by atoms with Gasteiger partial charge in [0.05, 0.1) is 17.2 Å². The predicted octanol–water partition coefficient (Wildman–Crippen LogP) is 3.82. The summed E-state index contributed by atoms with van der Waals surface area (Å²) in [6.45, 7) is 0.605. The average Bonchev–Trinajstić information content (AvgIpc) is 3.27. The van der Waals surface area contributed by atoms with Gasteiger partial charge >= 0.3 is 12.4 Å². The van der Waals surface area contributed by atoms with Crippen molar-refractivity contribution in [1.29, 1.82) is 0 Å². The zero-order chi connectivity index (χ0) is 21.8. The molecule has 2 N–H and O–H groups in total. The minimum Gasteiger partial charge on any atom is -0.370 e. The Morgan fingerprint density at radius 2 is 1.53 bits per heavy atom. The van der Waals surface area contributed by atoms with Crippen molar-refractivity contribution in [3.05, 3.63) is 68.0 Å². The number of imidazole rings is 1. The van der Waals surface area contributed by atoms with Crippen LogP contribution in [0.15, 0.2) is 40.2 Å². The number of fused-ring (bicyclic) bond motifs is 1. The molecule has 1 aliphatic rings. The van der Waals surface area contributed by atoms with Gasteiger partial charge in [0.25, 0.3) is 10.9 Å². The van der Waals surface area contributed by atoms with Crippen LogP contribution in [0.2, 0.25) is 0 Å². The molecule has 158 valence electrons. The summed E-state index contributed by atoms with van der Waals surface area (Å²) >= 11 is 0. The fourth-order valence-corrected chi connectivity index (χ4v) is 3.35. The van der Waals surface area contributed by atoms with Gasteiger partial charge in [-0.3, -0.25) is 9.59 Å². The van der Waals surface area contributed by atoms with Crippen molar-refractivity contribution in [2.24, 2.45) is 0 Å². The van der Waals surface area contributed by atoms with Gasteiger partial charge in [-0.05, 0) is 24.6 Å². The molecule has 1 aromatic heterocycles. The molecule has 2 heterocycles. The lowest BCUT2D eigenvalue weighted by atomic mass is 10.1. The van der Waals surface area contributed by atoms with Crippen molar-refractivity contribution in [2.75, 3.05) is 10.6 Å². The van der Waals surface area contributed by atoms with Crippen LogP contribution in [-0.4, -0.2) is 9.55 Å². The van der Waals surface area contributed by atoms with E-state index >= 15 is 0 Å². The van der Waals surface area contributed by atoms with Gasteiger partial charge in [0.1, 0.15) is 17.2 Å². The maximum atomic E-state index is 13.0. The smallest absolute Gasteiger partial charge is 0.370 e. The Morgan fingerprint density at radius 1 is 0.933 bits per heavy atom. The van der Waals surface area contributed by atoms with Crippen LogP contribution in [-0.2, 0) is 18.9 Å². The van der Waals surface area contributed by atoms with Crippen molar-refractivity contribution in [3.8, 4) is 0 Å². The Morgan fingerprint density at radius 3 is 2.13 bits per heavy atom. The minimum atomic E-state index is -5.03. The number of aryl methyl sites for hydroxylation is 1. The minimum absolute atomic E-state index is 0.0230. The molecule has 2 aromatic carbocycles. The molecule has 0 radical (unpaired) electrons. The molecular weight excluding hydrogens is 418 g/mol. The Hall–Kier alpha value is -3.31. The van der Waals surface area contributed by atoms with Crippen molar-refractivity contribution < 1.29 is 26.3 Å². The van der Waals surface area contributed by atoms with Gasteiger partial charge in [0.15, 0.2) is 0 Å². The lowest BCUT2D eigenvalue weighted by Crippen LogP contribution is -2.37. The van der Waals surface area contributed by atoms with Crippen LogP contribution in [0, 0.1) is 0 Å². The van der Waals surface area contributed by atoms with E-state index in [0.29, 0.717) is 30.9 Å². The summed E-state index contributed by atoms with van der Waals surface area (Å²) < 4.78 is 79.9. The fourth-order valence-electron chi connectivity index (χ4n) is 3.35. The number of benzene rings is 1. The van der Waals surface area contributed by atoms with Crippen LogP contribution in [0.3, 0.4) is 0 Å². The SMILES string of the molecule is O=c1c(Nc2cc(C(F)(F)F)cc(C(F)(F)F)c2)c(NC2CCn3ccnc32)c1=O. The topological polar surface area (TPSA) is 76.0 Å². The van der Waals surface area contributed by atoms with Gasteiger partial charge in [-0.25, -0.2) is 4.98 Å². The number of hydrogen-bond acceptors (Lipinski definition) is 5. The molecule has 12 heteroatoms. The summed E-state index contributed by atoms with van der Waals surface area (Å²) in [4.78, 5) is 28.0. The highest BCUT2D eigenvalue weighted by Gasteiger charge is 2.37. The van der Waals surface area contributed by atoms with E-state index in [0.717, 1.165) is 0 Å². The third-order valence-electron chi connectivity index (χ3n) is 4.80. The Labute approximate surface area is 163 Å². The molecule has 0 aliphatic carbocycles. The first-order chi connectivity index (χ1) is 13.9. The molecule has 6 nitrogen and oxygen atoms in total. The molecule has 0 saturated heterocycles. The van der Waals surface area contributed by atoms with E-state index in [4.69, 9.17) is 0 Å². The highest BCUT2D eigenvalue weighted by molar-refractivity contribution is 5.79. The van der Waals surface area contributed by atoms with Crippen molar-refractivity contribution >= 4 is 17.1 Å². The molecule has 1 unspecified atom stereocenters. The van der Waals surface area contributed by atoms with E-state index in [9.17, 15) is 35.9 Å². The summed E-state index contributed by atoms with van der Waals surface area (Å²) in [5.74, 6) is 0.604. The monoisotopic (exact) mass is 430 g/mol. The van der Waals surface area contributed by atoms with E-state index in [2.05, 4.69) is 15.6 Å². The number of hydrogen-bond donors (Lipinski definition) is 2. The van der Waals surface area contributed by atoms with Gasteiger partial charge < -0.3 is 15.2 Å². The zero-order valence-corrected chi connectivity index (χ0v) is 14.9. The van der Waals surface area contributed by atoms with Gasteiger partial charge in [-0.1, -0.05) is 0 Å². The number of nitrogens with one attached hydrogen (secondary N) is 2. The molecule has 1 aliphatic heterocycles. The first-order valence-electron chi connectivity index (χ1n) is 8.62. The predicted molar refractivity (Wildman–Crippen MR) is 94.3 cm³/mol. The second-order valence-corrected chi connectivity index (χ2v) is 6.79. The first-order valence-corrected chi connectivity index (χ1v) is 8.62. The summed E-state index contributed by atoms with van der Waals surface area (Å²) in [5, 5.41) is 5.06. The maximum absolute atomic E-state index is 13.0. The van der Waals surface area contributed by atoms with Crippen molar-refractivity contribution in [1.82, 2.24) is 9.55 Å². The standard InChI is InChI=1S/C18H12F6N4O2/c19-17(20,21)8-5-9(18(22,23)24)7-10(6-8)26-12-13(15(30)14(12)29)27-11-1-3-28-4-2-25-16(11)28/h2,4-7,11,26-27H,1,3H2. The Balaban J connectivity index is 1.67. The number of anilines is 3. The first kappa shape index (κ1) is 20.0. The molecule has 0 saturated carbocycles. The summed E-state index contributed by atoms with van der Waals surface area (Å²) in [6.07, 6.45) is -6.25. The Bertz CT molecular complexity index is 1150. The zero-order valence-electron chi connectivity index (χ0n) is 14.9. The highest BCUT2D eigenvalue weighted by Crippen LogP contribution is 2.38. The van der Waals surface area contributed by atoms with Crippen LogP contribution in [0.25, 0.3) is 0 Å². The van der Waals surface area contributed by atoms with Crippen LogP contribution in [0.5, 0.6) is 0 Å². The third kappa shape index (κ3) is 3.42. The molecule has 0 amide bonds. The molecule has 0 bridgehead atoms. The Kier molecular flexibility index (Phi) is 4.40. The molecule has 3 aromatic rings. The largest absolute Gasteiger partial charge is 0.416 e. The molecule has 4 rings (SSSR count). The van der Waals surface area contributed by atoms with E-state index < -0.39 is 51.8 Å². The third-order valence-corrected chi connectivity index (χ3v) is 4.80. The molecular formula is C18H12F6N4O2. The quantitative estimate of drug-likeness (QED) is 0.486. The summed E-state index contributed by atoms with van der Waals surface area (Å²) in [7, 11) is 0. The van der Waals surface area contributed by atoms with E-state index in [1.807, 2.05) is 4.57 Å². The number of alkyl halides is 6. The fraction of sp³-hybridized carbons (Fsp3) is 0.278. The second kappa shape index (κ2) is 6.61. The summed E-state index contributed by atoms with van der Waals surface area (Å²) in [5.41, 5.74) is -6.22. The van der Waals surface area contributed by atoms with E-state index in [1.54, 1.807) is 12.4 Å². The summed E-state index contributed by atoms with van der Waals surface area (Å²) in [6, 6.07) is 0.442. The van der Waals surface area contributed by atoms with Crippen LogP contribution in [0.4, 0.5) is 43.4 Å². The van der Waals surface area contributed by atoms with E-state index in [1.165, 1.54) is 0 Å². The van der Waals surface area contributed by atoms with E-state index in [-0.39, 0.29) is 11.8 Å². The highest BCUT2D eigenvalue weighted by atomic mass is 19.4. The van der Waals surface area contributed by atoms with Crippen LogP contribution >= 0.6 is 0 Å². The van der Waals surface area contributed by atoms with Gasteiger partial charge in [0.2, 0.25) is 0 Å². The van der Waals surface area contributed by atoms with Crippen LogP contribution < -0.4 is 21.5 Å². The maximum Gasteiger partial charge on any atom is 0.416 e. The van der Waals surface area contributed by atoms with Gasteiger partial charge in [-0.15, -0.1) is 0 Å². The molecule has 1 atom stereocenters. The second-order valence-electron chi connectivity index (χ2n) is 6.79. The van der Waals surface area contributed by atoms with Crippen molar-refractivity contribution in [3.63, 3.8) is 0 Å². The number of rotatable bonds is 4. The lowest BCUT2D eigenvalue weighted by molar-refractivity contribution is -0.143. The number of aromatic nitrogens is 2. The lowest BCUT2D eigenvalue weighted by Gasteiger charge is -2.20. The van der Waals surface area contributed by atoms with Crippen molar-refractivity contribution in [2.45, 2.75) is 31.4 Å². The van der Waals surface area contributed by atoms with Gasteiger partial charge in [-0.2, -0.15) is 26.3 Å². The molecule has 30 heavy (non-hydrogen) atoms. The molecule has 0 spiro atoms.